The maximum Gasteiger partial charge on any atom is 0.408 e. The fourth-order valence-electron chi connectivity index (χ4n) is 3.98. The van der Waals surface area contributed by atoms with Crippen LogP contribution in [0.1, 0.15) is 66.5 Å². The van der Waals surface area contributed by atoms with Gasteiger partial charge >= 0.3 is 6.09 Å². The van der Waals surface area contributed by atoms with Gasteiger partial charge in [-0.2, -0.15) is 0 Å². The summed E-state index contributed by atoms with van der Waals surface area (Å²) >= 11 is 0. The van der Waals surface area contributed by atoms with E-state index in [4.69, 9.17) is 9.47 Å². The van der Waals surface area contributed by atoms with Crippen molar-refractivity contribution in [1.82, 2.24) is 10.2 Å². The van der Waals surface area contributed by atoms with Crippen molar-refractivity contribution >= 4 is 23.6 Å². The van der Waals surface area contributed by atoms with E-state index in [9.17, 15) is 19.5 Å². The molecule has 3 atom stereocenters. The Morgan fingerprint density at radius 1 is 1.03 bits per heavy atom. The number of nitrogens with zero attached hydrogens (tertiary/aromatic N) is 1. The summed E-state index contributed by atoms with van der Waals surface area (Å²) in [6.07, 6.45) is -0.107. The number of nitrogens with one attached hydrogen (secondary N) is 2. The number of rotatable bonds is 10. The first kappa shape index (κ1) is 30.5. The first-order valence-electron chi connectivity index (χ1n) is 12.8. The quantitative estimate of drug-likeness (QED) is 0.388. The molecule has 0 bridgehead atoms. The van der Waals surface area contributed by atoms with Crippen LogP contribution >= 0.6 is 0 Å². The Labute approximate surface area is 225 Å². The molecule has 0 saturated carbocycles. The zero-order chi connectivity index (χ0) is 28.6. The van der Waals surface area contributed by atoms with Crippen molar-refractivity contribution in [3.63, 3.8) is 0 Å². The van der Waals surface area contributed by atoms with E-state index >= 15 is 0 Å². The third kappa shape index (κ3) is 8.39. The Hall–Kier alpha value is -3.75. The summed E-state index contributed by atoms with van der Waals surface area (Å²) < 4.78 is 10.6. The number of aromatic hydroxyl groups is 1. The van der Waals surface area contributed by atoms with Crippen molar-refractivity contribution in [2.24, 2.45) is 5.92 Å². The number of phenols is 1. The molecular formula is C29H41N3O6. The molecule has 9 nitrogen and oxygen atoms in total. The van der Waals surface area contributed by atoms with Gasteiger partial charge in [0.1, 0.15) is 29.2 Å². The van der Waals surface area contributed by atoms with Crippen molar-refractivity contribution in [3.8, 4) is 11.5 Å². The van der Waals surface area contributed by atoms with E-state index in [0.29, 0.717) is 23.4 Å². The molecule has 2 aromatic rings. The maximum atomic E-state index is 14.1. The number of ether oxygens (including phenoxy) is 2. The van der Waals surface area contributed by atoms with Gasteiger partial charge in [-0.15, -0.1) is 0 Å². The lowest BCUT2D eigenvalue weighted by molar-refractivity contribution is -0.144. The average Bonchev–Trinajstić information content (AvgIpc) is 2.84. The highest BCUT2D eigenvalue weighted by Gasteiger charge is 2.39. The van der Waals surface area contributed by atoms with Crippen molar-refractivity contribution in [3.05, 3.63) is 54.1 Å². The second-order valence-electron chi connectivity index (χ2n) is 10.6. The van der Waals surface area contributed by atoms with Crippen molar-refractivity contribution in [2.75, 3.05) is 12.4 Å². The average molecular weight is 528 g/mol. The molecule has 3 N–H and O–H groups in total. The van der Waals surface area contributed by atoms with Crippen LogP contribution in [-0.4, -0.2) is 52.7 Å². The molecule has 0 aliphatic carbocycles. The molecule has 9 heteroatoms. The number of carbonyl (C=O) groups is 3. The van der Waals surface area contributed by atoms with E-state index < -0.39 is 41.6 Å². The molecule has 208 valence electrons. The van der Waals surface area contributed by atoms with Gasteiger partial charge in [-0.25, -0.2) is 4.79 Å². The van der Waals surface area contributed by atoms with Gasteiger partial charge in [-0.3, -0.25) is 9.59 Å². The van der Waals surface area contributed by atoms with Crippen LogP contribution in [0.5, 0.6) is 11.5 Å². The molecule has 0 fully saturated rings. The highest BCUT2D eigenvalue weighted by atomic mass is 16.6. The Morgan fingerprint density at radius 3 is 2.16 bits per heavy atom. The van der Waals surface area contributed by atoms with Gasteiger partial charge < -0.3 is 30.1 Å². The van der Waals surface area contributed by atoms with Crippen molar-refractivity contribution < 1.29 is 29.0 Å². The lowest BCUT2D eigenvalue weighted by Gasteiger charge is -2.38. The molecule has 2 rings (SSSR count). The van der Waals surface area contributed by atoms with Crippen LogP contribution in [-0.2, 0) is 14.3 Å². The van der Waals surface area contributed by atoms with Gasteiger partial charge in [0.05, 0.1) is 7.11 Å². The fraction of sp³-hybridized carbons (Fsp3) is 0.483. The fourth-order valence-corrected chi connectivity index (χ4v) is 3.98. The van der Waals surface area contributed by atoms with E-state index in [1.165, 1.54) is 17.0 Å². The third-order valence-corrected chi connectivity index (χ3v) is 6.03. The summed E-state index contributed by atoms with van der Waals surface area (Å²) in [6, 6.07) is 10.6. The lowest BCUT2D eigenvalue weighted by atomic mass is 9.94. The van der Waals surface area contributed by atoms with Crippen molar-refractivity contribution in [1.29, 1.82) is 0 Å². The van der Waals surface area contributed by atoms with Gasteiger partial charge in [0.2, 0.25) is 5.91 Å². The summed E-state index contributed by atoms with van der Waals surface area (Å²) in [5.74, 6) is -0.547. The van der Waals surface area contributed by atoms with Crippen LogP contribution in [0.15, 0.2) is 48.5 Å². The molecule has 0 spiro atoms. The SMILES string of the molecule is CCC(C)C(NC(=O)OC(C)(C)C)C(=O)N(C(C)C)C(C(=O)Nc1ccc(OC)cc1)c1cccc(O)c1. The molecule has 2 aromatic carbocycles. The molecule has 0 radical (unpaired) electrons. The van der Waals surface area contributed by atoms with Crippen LogP contribution in [0.4, 0.5) is 10.5 Å². The number of amides is 3. The van der Waals surface area contributed by atoms with E-state index in [-0.39, 0.29) is 11.7 Å². The molecular weight excluding hydrogens is 486 g/mol. The number of methoxy groups -OCH3 is 1. The minimum absolute atomic E-state index is 0.0359. The summed E-state index contributed by atoms with van der Waals surface area (Å²) in [6.45, 7) is 12.6. The van der Waals surface area contributed by atoms with E-state index in [1.807, 2.05) is 13.8 Å². The van der Waals surface area contributed by atoms with Crippen LogP contribution in [0.3, 0.4) is 0 Å². The number of hydrogen-bond donors (Lipinski definition) is 3. The van der Waals surface area contributed by atoms with E-state index in [1.54, 1.807) is 78.1 Å². The molecule has 38 heavy (non-hydrogen) atoms. The summed E-state index contributed by atoms with van der Waals surface area (Å²) in [4.78, 5) is 42.0. The second kappa shape index (κ2) is 13.2. The predicted molar refractivity (Wildman–Crippen MR) is 147 cm³/mol. The predicted octanol–water partition coefficient (Wildman–Crippen LogP) is 5.26. The van der Waals surface area contributed by atoms with E-state index in [2.05, 4.69) is 10.6 Å². The Kier molecular flexibility index (Phi) is 10.6. The summed E-state index contributed by atoms with van der Waals surface area (Å²) in [7, 11) is 1.55. The van der Waals surface area contributed by atoms with Crippen LogP contribution in [0.2, 0.25) is 0 Å². The number of benzene rings is 2. The van der Waals surface area contributed by atoms with Gasteiger partial charge in [0.25, 0.3) is 5.91 Å². The largest absolute Gasteiger partial charge is 0.508 e. The van der Waals surface area contributed by atoms with E-state index in [0.717, 1.165) is 0 Å². The molecule has 0 aromatic heterocycles. The number of alkyl carbamates (subject to hydrolysis) is 1. The number of carbonyl (C=O) groups excluding carboxylic acids is 3. The topological polar surface area (TPSA) is 117 Å². The van der Waals surface area contributed by atoms with Gasteiger partial charge in [0.15, 0.2) is 0 Å². The van der Waals surface area contributed by atoms with Crippen LogP contribution in [0, 0.1) is 5.92 Å². The molecule has 3 amide bonds. The Bertz CT molecular complexity index is 1090. The molecule has 0 aliphatic heterocycles. The summed E-state index contributed by atoms with van der Waals surface area (Å²) in [5, 5.41) is 15.8. The van der Waals surface area contributed by atoms with Gasteiger partial charge in [-0.1, -0.05) is 32.4 Å². The highest BCUT2D eigenvalue weighted by Crippen LogP contribution is 2.30. The zero-order valence-electron chi connectivity index (χ0n) is 23.6. The standard InChI is InChI=1S/C29H41N3O6/c1-9-19(4)24(31-28(36)38-29(5,6)7)27(35)32(18(2)3)25(20-11-10-12-22(33)17-20)26(34)30-21-13-15-23(37-8)16-14-21/h10-19,24-25,33H,9H2,1-8H3,(H,30,34)(H,31,36). The zero-order valence-corrected chi connectivity index (χ0v) is 23.6. The van der Waals surface area contributed by atoms with Crippen molar-refractivity contribution in [2.45, 2.75) is 78.6 Å². The van der Waals surface area contributed by atoms with Gasteiger partial charge in [-0.05, 0) is 82.5 Å². The monoisotopic (exact) mass is 527 g/mol. The maximum absolute atomic E-state index is 14.1. The highest BCUT2D eigenvalue weighted by molar-refractivity contribution is 5.99. The lowest BCUT2D eigenvalue weighted by Crippen LogP contribution is -2.56. The number of phenolic OH excluding ortho intramolecular Hbond substituents is 1. The molecule has 0 aliphatic rings. The molecule has 0 saturated heterocycles. The van der Waals surface area contributed by atoms with Crippen LogP contribution < -0.4 is 15.4 Å². The first-order chi connectivity index (χ1) is 17.8. The second-order valence-corrected chi connectivity index (χ2v) is 10.6. The smallest absolute Gasteiger partial charge is 0.408 e. The molecule has 3 unspecified atom stereocenters. The first-order valence-corrected chi connectivity index (χ1v) is 12.8. The number of hydrogen-bond acceptors (Lipinski definition) is 6. The third-order valence-electron chi connectivity index (χ3n) is 6.03. The van der Waals surface area contributed by atoms with Gasteiger partial charge in [0, 0.05) is 11.7 Å². The summed E-state index contributed by atoms with van der Waals surface area (Å²) in [5.41, 5.74) is 0.202. The molecule has 0 heterocycles. The normalized spacial score (nSPS) is 13.7. The Balaban J connectivity index is 2.52. The minimum atomic E-state index is -1.09. The minimum Gasteiger partial charge on any atom is -0.508 e. The van der Waals surface area contributed by atoms with Crippen LogP contribution in [0.25, 0.3) is 0 Å². The number of anilines is 1. The Morgan fingerprint density at radius 2 is 1.66 bits per heavy atom.